The molecule has 28 heavy (non-hydrogen) atoms. The molecule has 1 aliphatic carbocycles. The standard InChI is InChI=1S/C23H22N2O2S/c26-23(19-5-9-21(10-6-19)27-15-17-3-4-17)25-20-7-11-22(12-8-20)28-16-18-2-1-13-24-14-18/h1-2,5-14,17H,3-4,15-16H2,(H,25,26). The van der Waals surface area contributed by atoms with Gasteiger partial charge in [-0.3, -0.25) is 9.78 Å². The molecule has 0 saturated heterocycles. The van der Waals surface area contributed by atoms with E-state index in [0.29, 0.717) is 11.5 Å². The molecule has 1 fully saturated rings. The fourth-order valence-electron chi connectivity index (χ4n) is 2.69. The van der Waals surface area contributed by atoms with Crippen LogP contribution in [0.3, 0.4) is 0 Å². The van der Waals surface area contributed by atoms with Gasteiger partial charge in [0.25, 0.3) is 5.91 Å². The van der Waals surface area contributed by atoms with Crippen LogP contribution in [-0.2, 0) is 5.75 Å². The van der Waals surface area contributed by atoms with E-state index in [9.17, 15) is 4.79 Å². The molecule has 5 heteroatoms. The summed E-state index contributed by atoms with van der Waals surface area (Å²) >= 11 is 1.74. The summed E-state index contributed by atoms with van der Waals surface area (Å²) in [6.07, 6.45) is 6.19. The number of thioether (sulfide) groups is 1. The quantitative estimate of drug-likeness (QED) is 0.522. The van der Waals surface area contributed by atoms with Crippen LogP contribution >= 0.6 is 11.8 Å². The third kappa shape index (κ3) is 5.36. The Bertz CT molecular complexity index is 908. The number of aromatic nitrogens is 1. The van der Waals surface area contributed by atoms with Gasteiger partial charge in [0.05, 0.1) is 6.61 Å². The molecule has 4 rings (SSSR count). The molecule has 0 spiro atoms. The molecule has 1 amide bonds. The molecular formula is C23H22N2O2S. The Morgan fingerprint density at radius 3 is 2.54 bits per heavy atom. The second-order valence-electron chi connectivity index (χ2n) is 6.91. The highest BCUT2D eigenvalue weighted by molar-refractivity contribution is 7.98. The van der Waals surface area contributed by atoms with Gasteiger partial charge in [0.1, 0.15) is 5.75 Å². The van der Waals surface area contributed by atoms with Gasteiger partial charge in [-0.2, -0.15) is 0 Å². The summed E-state index contributed by atoms with van der Waals surface area (Å²) in [6, 6.07) is 19.2. The number of nitrogens with zero attached hydrogens (tertiary/aromatic N) is 1. The zero-order chi connectivity index (χ0) is 19.2. The highest BCUT2D eigenvalue weighted by Crippen LogP contribution is 2.29. The lowest BCUT2D eigenvalue weighted by atomic mass is 10.2. The van der Waals surface area contributed by atoms with Crippen molar-refractivity contribution in [3.63, 3.8) is 0 Å². The van der Waals surface area contributed by atoms with Gasteiger partial charge >= 0.3 is 0 Å². The van der Waals surface area contributed by atoms with Gasteiger partial charge in [-0.15, -0.1) is 11.8 Å². The van der Waals surface area contributed by atoms with Crippen LogP contribution in [-0.4, -0.2) is 17.5 Å². The Labute approximate surface area is 169 Å². The number of hydrogen-bond donors (Lipinski definition) is 1. The van der Waals surface area contributed by atoms with Crippen molar-refractivity contribution >= 4 is 23.4 Å². The van der Waals surface area contributed by atoms with E-state index in [1.807, 2.05) is 48.7 Å². The molecule has 3 aromatic rings. The summed E-state index contributed by atoms with van der Waals surface area (Å²) in [5, 5.41) is 2.94. The van der Waals surface area contributed by atoms with E-state index in [1.54, 1.807) is 30.1 Å². The topological polar surface area (TPSA) is 51.2 Å². The fourth-order valence-corrected chi connectivity index (χ4v) is 3.52. The maximum atomic E-state index is 12.4. The van der Waals surface area contributed by atoms with E-state index >= 15 is 0 Å². The van der Waals surface area contributed by atoms with Gasteiger partial charge in [0.15, 0.2) is 0 Å². The highest BCUT2D eigenvalue weighted by atomic mass is 32.2. The first-order chi connectivity index (χ1) is 13.8. The predicted molar refractivity (Wildman–Crippen MR) is 113 cm³/mol. The van der Waals surface area contributed by atoms with Crippen molar-refractivity contribution in [1.82, 2.24) is 4.98 Å². The largest absolute Gasteiger partial charge is 0.493 e. The predicted octanol–water partition coefficient (Wildman–Crippen LogP) is 5.42. The van der Waals surface area contributed by atoms with Gasteiger partial charge in [-0.05, 0) is 78.9 Å². The number of anilines is 1. The van der Waals surface area contributed by atoms with E-state index in [2.05, 4.69) is 16.4 Å². The molecule has 1 N–H and O–H groups in total. The third-order valence-corrected chi connectivity index (χ3v) is 5.62. The van der Waals surface area contributed by atoms with E-state index in [-0.39, 0.29) is 5.91 Å². The summed E-state index contributed by atoms with van der Waals surface area (Å²) in [6.45, 7) is 0.774. The summed E-state index contributed by atoms with van der Waals surface area (Å²) in [5.41, 5.74) is 2.59. The molecular weight excluding hydrogens is 368 g/mol. The Morgan fingerprint density at radius 2 is 1.86 bits per heavy atom. The smallest absolute Gasteiger partial charge is 0.255 e. The summed E-state index contributed by atoms with van der Waals surface area (Å²) in [4.78, 5) is 17.7. The Hall–Kier alpha value is -2.79. The monoisotopic (exact) mass is 390 g/mol. The van der Waals surface area contributed by atoms with Crippen LogP contribution in [0, 0.1) is 5.92 Å². The number of carbonyl (C=O) groups excluding carboxylic acids is 1. The van der Waals surface area contributed by atoms with E-state index in [1.165, 1.54) is 18.4 Å². The third-order valence-electron chi connectivity index (χ3n) is 4.54. The number of nitrogens with one attached hydrogen (secondary N) is 1. The van der Waals surface area contributed by atoms with Crippen LogP contribution in [0.25, 0.3) is 0 Å². The number of rotatable bonds is 8. The Kier molecular flexibility index (Phi) is 5.92. The maximum absolute atomic E-state index is 12.4. The summed E-state index contributed by atoms with van der Waals surface area (Å²) in [5.74, 6) is 2.28. The average Bonchev–Trinajstić information content (AvgIpc) is 3.57. The first-order valence-electron chi connectivity index (χ1n) is 9.42. The second kappa shape index (κ2) is 8.93. The molecule has 1 heterocycles. The van der Waals surface area contributed by atoms with E-state index in [4.69, 9.17) is 4.74 Å². The van der Waals surface area contributed by atoms with Gasteiger partial charge in [0.2, 0.25) is 0 Å². The number of pyridine rings is 1. The lowest BCUT2D eigenvalue weighted by Crippen LogP contribution is -2.11. The molecule has 2 aromatic carbocycles. The van der Waals surface area contributed by atoms with Crippen molar-refractivity contribution in [3.05, 3.63) is 84.2 Å². The molecule has 0 unspecified atom stereocenters. The number of carbonyl (C=O) groups is 1. The summed E-state index contributed by atoms with van der Waals surface area (Å²) in [7, 11) is 0. The average molecular weight is 391 g/mol. The second-order valence-corrected chi connectivity index (χ2v) is 7.96. The Morgan fingerprint density at radius 1 is 1.07 bits per heavy atom. The number of benzene rings is 2. The SMILES string of the molecule is O=C(Nc1ccc(SCc2cccnc2)cc1)c1ccc(OCC2CC2)cc1. The van der Waals surface area contributed by atoms with Crippen LogP contribution in [0.15, 0.2) is 78.0 Å². The van der Waals surface area contributed by atoms with E-state index in [0.717, 1.165) is 28.7 Å². The van der Waals surface area contributed by atoms with Crippen LogP contribution in [0.2, 0.25) is 0 Å². The minimum absolute atomic E-state index is 0.121. The molecule has 1 aliphatic rings. The van der Waals surface area contributed by atoms with Crippen molar-refractivity contribution in [2.45, 2.75) is 23.5 Å². The lowest BCUT2D eigenvalue weighted by molar-refractivity contribution is 0.102. The zero-order valence-corrected chi connectivity index (χ0v) is 16.3. The van der Waals surface area contributed by atoms with Gasteiger partial charge < -0.3 is 10.1 Å². The van der Waals surface area contributed by atoms with Crippen molar-refractivity contribution in [1.29, 1.82) is 0 Å². The lowest BCUT2D eigenvalue weighted by Gasteiger charge is -2.08. The molecule has 0 radical (unpaired) electrons. The molecule has 4 nitrogen and oxygen atoms in total. The molecule has 0 atom stereocenters. The molecule has 0 bridgehead atoms. The van der Waals surface area contributed by atoms with Crippen molar-refractivity contribution in [2.75, 3.05) is 11.9 Å². The van der Waals surface area contributed by atoms with Crippen LogP contribution in [0.5, 0.6) is 5.75 Å². The summed E-state index contributed by atoms with van der Waals surface area (Å²) < 4.78 is 5.71. The van der Waals surface area contributed by atoms with Crippen molar-refractivity contribution < 1.29 is 9.53 Å². The molecule has 142 valence electrons. The van der Waals surface area contributed by atoms with Gasteiger partial charge in [-0.1, -0.05) is 6.07 Å². The first-order valence-corrected chi connectivity index (χ1v) is 10.4. The van der Waals surface area contributed by atoms with Crippen LogP contribution in [0.4, 0.5) is 5.69 Å². The fraction of sp³-hybridized carbons (Fsp3) is 0.217. The first kappa shape index (κ1) is 18.6. The maximum Gasteiger partial charge on any atom is 0.255 e. The van der Waals surface area contributed by atoms with Crippen molar-refractivity contribution in [2.24, 2.45) is 5.92 Å². The van der Waals surface area contributed by atoms with Crippen LogP contribution < -0.4 is 10.1 Å². The molecule has 1 saturated carbocycles. The Balaban J connectivity index is 1.28. The number of ether oxygens (including phenoxy) is 1. The van der Waals surface area contributed by atoms with Crippen LogP contribution in [0.1, 0.15) is 28.8 Å². The normalized spacial score (nSPS) is 13.1. The minimum Gasteiger partial charge on any atom is -0.493 e. The number of hydrogen-bond acceptors (Lipinski definition) is 4. The molecule has 0 aliphatic heterocycles. The minimum atomic E-state index is -0.121. The van der Waals surface area contributed by atoms with Gasteiger partial charge in [-0.25, -0.2) is 0 Å². The van der Waals surface area contributed by atoms with E-state index < -0.39 is 0 Å². The number of amides is 1. The molecule has 1 aromatic heterocycles. The zero-order valence-electron chi connectivity index (χ0n) is 15.5. The highest BCUT2D eigenvalue weighted by Gasteiger charge is 2.21. The van der Waals surface area contributed by atoms with Gasteiger partial charge in [0, 0.05) is 34.3 Å². The van der Waals surface area contributed by atoms with Crippen molar-refractivity contribution in [3.8, 4) is 5.75 Å².